The van der Waals surface area contributed by atoms with Crippen LogP contribution in [-0.2, 0) is 37.0 Å². The summed E-state index contributed by atoms with van der Waals surface area (Å²) in [5, 5.41) is 14.4. The van der Waals surface area contributed by atoms with Gasteiger partial charge in [0.15, 0.2) is 15.7 Å². The molecule has 2 bridgehead atoms. The van der Waals surface area contributed by atoms with Crippen molar-refractivity contribution in [3.05, 3.63) is 101 Å². The molecule has 4 aliphatic rings. The van der Waals surface area contributed by atoms with E-state index in [0.29, 0.717) is 5.56 Å². The number of aliphatic hydroxyl groups is 1. The van der Waals surface area contributed by atoms with Crippen molar-refractivity contribution in [2.24, 2.45) is 22.2 Å². The zero-order valence-corrected chi connectivity index (χ0v) is 24.5. The zero-order valence-electron chi connectivity index (χ0n) is 22.9. The second-order valence-corrected chi connectivity index (χ2v) is 15.2. The topological polar surface area (TPSA) is 133 Å². The van der Waals surface area contributed by atoms with Crippen LogP contribution in [0.5, 0.6) is 0 Å². The summed E-state index contributed by atoms with van der Waals surface area (Å²) in [7, 11) is -8.10. The predicted octanol–water partition coefficient (Wildman–Crippen LogP) is 4.58. The molecule has 7 rings (SSSR count). The summed E-state index contributed by atoms with van der Waals surface area (Å²) in [4.78, 5) is 15.6. The van der Waals surface area contributed by atoms with E-state index < -0.39 is 37.3 Å². The fraction of sp³-hybridized carbons (Fsp3) is 0.290. The number of halogens is 1. The van der Waals surface area contributed by atoms with Crippen LogP contribution in [0.1, 0.15) is 30.4 Å². The first-order valence-corrected chi connectivity index (χ1v) is 17.1. The zero-order chi connectivity index (χ0) is 30.1. The number of aliphatic hydroxyl groups excluding tert-OH is 1. The highest BCUT2D eigenvalue weighted by Gasteiger charge is 2.57. The quantitative estimate of drug-likeness (QED) is 0.412. The highest BCUT2D eigenvalue weighted by molar-refractivity contribution is 7.91. The number of nitrogens with zero attached hydrogens (tertiary/aromatic N) is 2. The Hall–Kier alpha value is -4.03. The van der Waals surface area contributed by atoms with Gasteiger partial charge in [0.25, 0.3) is 15.9 Å². The van der Waals surface area contributed by atoms with Crippen molar-refractivity contribution in [1.29, 1.82) is 0 Å². The summed E-state index contributed by atoms with van der Waals surface area (Å²) < 4.78 is 70.2. The molecular formula is C31H28FN3O6S2. The minimum Gasteiger partial charge on any atom is -0.511 e. The molecule has 2 aliphatic heterocycles. The van der Waals surface area contributed by atoms with Gasteiger partial charge in [-0.1, -0.05) is 36.4 Å². The van der Waals surface area contributed by atoms with Crippen LogP contribution in [-0.4, -0.2) is 44.6 Å². The predicted molar refractivity (Wildman–Crippen MR) is 157 cm³/mol. The molecule has 0 aromatic heterocycles. The van der Waals surface area contributed by atoms with Crippen LogP contribution >= 0.6 is 0 Å². The lowest BCUT2D eigenvalue weighted by Gasteiger charge is -2.44. The summed E-state index contributed by atoms with van der Waals surface area (Å²) in [6.45, 7) is 0.177. The van der Waals surface area contributed by atoms with Gasteiger partial charge in [-0.2, -0.15) is 8.42 Å². The monoisotopic (exact) mass is 621 g/mol. The van der Waals surface area contributed by atoms with Crippen molar-refractivity contribution in [2.75, 3.05) is 5.32 Å². The highest BCUT2D eigenvalue weighted by Crippen LogP contribution is 2.55. The van der Waals surface area contributed by atoms with E-state index in [1.54, 1.807) is 35.2 Å². The number of rotatable bonds is 6. The van der Waals surface area contributed by atoms with E-state index in [9.17, 15) is 31.1 Å². The summed E-state index contributed by atoms with van der Waals surface area (Å²) in [6.07, 6.45) is 2.69. The van der Waals surface area contributed by atoms with E-state index >= 15 is 0 Å². The summed E-state index contributed by atoms with van der Waals surface area (Å²) in [5.74, 6) is -1.79. The first kappa shape index (κ1) is 27.8. The van der Waals surface area contributed by atoms with Crippen molar-refractivity contribution in [3.63, 3.8) is 0 Å². The fourth-order valence-electron chi connectivity index (χ4n) is 7.17. The van der Waals surface area contributed by atoms with Gasteiger partial charge in [0.05, 0.1) is 16.3 Å². The van der Waals surface area contributed by atoms with Gasteiger partial charge >= 0.3 is 0 Å². The molecule has 222 valence electrons. The summed E-state index contributed by atoms with van der Waals surface area (Å²) in [5.41, 5.74) is 0.907. The molecule has 9 nitrogen and oxygen atoms in total. The summed E-state index contributed by atoms with van der Waals surface area (Å²) in [6, 6.07) is 17.7. The van der Waals surface area contributed by atoms with Crippen LogP contribution < -0.4 is 5.32 Å². The Morgan fingerprint density at radius 3 is 2.42 bits per heavy atom. The molecule has 2 aliphatic carbocycles. The van der Waals surface area contributed by atoms with E-state index in [2.05, 4.69) is 9.71 Å². The van der Waals surface area contributed by atoms with Crippen LogP contribution in [0.15, 0.2) is 98.3 Å². The number of hydrogen-bond acceptors (Lipinski definition) is 7. The van der Waals surface area contributed by atoms with Gasteiger partial charge in [-0.3, -0.25) is 4.79 Å². The number of hydrogen-bond donors (Lipinski definition) is 2. The van der Waals surface area contributed by atoms with E-state index in [4.69, 9.17) is 0 Å². The van der Waals surface area contributed by atoms with Crippen LogP contribution in [0.3, 0.4) is 0 Å². The standard InChI is InChI=1S/C31H28FN3O6S2/c32-22-11-6-18(7-12-22)16-35-28-21-10-9-20(15-21)26(28)29(36)27(31(35)37)30-33-24-13-8-19(14-25(24)43(40,41)34-30)17-42(38,39)23-4-2-1-3-5-23/h1-8,11-14,20-21,26,28,36H,9-10,15-17H2,(H,33,34)/t20-,21+,26?,28?/m0/s1. The molecule has 12 heteroatoms. The Balaban J connectivity index is 1.24. The minimum atomic E-state index is -4.37. The molecule has 3 aromatic rings. The SMILES string of the molecule is O=C1C(C2=NS(=O)(=O)c3cc(CS(=O)(=O)c4ccccc4)ccc3N2)=C(O)C2C([C@@H]3CC[C@H]2C3)N1Cc1ccc(F)cc1. The third-order valence-corrected chi connectivity index (χ3v) is 12.0. The lowest BCUT2D eigenvalue weighted by Crippen LogP contribution is -2.53. The maximum Gasteiger partial charge on any atom is 0.286 e. The average Bonchev–Trinajstić information content (AvgIpc) is 3.60. The minimum absolute atomic E-state index is 0.122. The second kappa shape index (κ2) is 10.0. The second-order valence-electron chi connectivity index (χ2n) is 11.6. The molecule has 2 unspecified atom stereocenters. The van der Waals surface area contributed by atoms with Gasteiger partial charge in [-0.25, -0.2) is 12.8 Å². The number of amidine groups is 1. The van der Waals surface area contributed by atoms with Crippen LogP contribution in [0, 0.1) is 23.6 Å². The fourth-order valence-corrected chi connectivity index (χ4v) is 9.70. The third kappa shape index (κ3) is 4.72. The number of sulfonamides is 1. The Morgan fingerprint density at radius 1 is 0.977 bits per heavy atom. The molecule has 0 radical (unpaired) electrons. The molecule has 3 aromatic carbocycles. The Morgan fingerprint density at radius 2 is 1.67 bits per heavy atom. The maximum atomic E-state index is 14.0. The first-order valence-electron chi connectivity index (χ1n) is 14.0. The normalized spacial score (nSPS) is 25.7. The number of anilines is 1. The van der Waals surface area contributed by atoms with Gasteiger partial charge in [-0.15, -0.1) is 4.40 Å². The molecule has 0 saturated heterocycles. The third-order valence-electron chi connectivity index (χ3n) is 9.03. The molecular weight excluding hydrogens is 593 g/mol. The number of carbonyl (C=O) groups is 1. The highest BCUT2D eigenvalue weighted by atomic mass is 32.2. The van der Waals surface area contributed by atoms with E-state index in [1.807, 2.05) is 0 Å². The van der Waals surface area contributed by atoms with Gasteiger partial charge in [0.1, 0.15) is 22.0 Å². The van der Waals surface area contributed by atoms with Gasteiger partial charge in [0.2, 0.25) is 0 Å². The molecule has 43 heavy (non-hydrogen) atoms. The number of sulfone groups is 1. The van der Waals surface area contributed by atoms with Crippen molar-refractivity contribution >= 4 is 37.3 Å². The molecule has 2 fully saturated rings. The van der Waals surface area contributed by atoms with Crippen molar-refractivity contribution in [2.45, 2.75) is 47.4 Å². The number of amides is 1. The van der Waals surface area contributed by atoms with Crippen LogP contribution in [0.4, 0.5) is 10.1 Å². The lowest BCUT2D eigenvalue weighted by molar-refractivity contribution is -0.134. The molecule has 2 heterocycles. The van der Waals surface area contributed by atoms with Crippen molar-refractivity contribution in [1.82, 2.24) is 4.90 Å². The summed E-state index contributed by atoms with van der Waals surface area (Å²) >= 11 is 0. The van der Waals surface area contributed by atoms with Crippen molar-refractivity contribution < 1.29 is 31.1 Å². The smallest absolute Gasteiger partial charge is 0.286 e. The van der Waals surface area contributed by atoms with Gasteiger partial charge in [0, 0.05) is 18.5 Å². The number of carbonyl (C=O) groups excluding carboxylic acids is 1. The molecule has 4 atom stereocenters. The van der Waals surface area contributed by atoms with Crippen molar-refractivity contribution in [3.8, 4) is 0 Å². The largest absolute Gasteiger partial charge is 0.511 e. The maximum absolute atomic E-state index is 14.0. The van der Waals surface area contributed by atoms with E-state index in [-0.39, 0.29) is 68.6 Å². The first-order chi connectivity index (χ1) is 20.5. The number of nitrogens with one attached hydrogen (secondary N) is 1. The number of fused-ring (bicyclic) bond motifs is 6. The molecule has 1 amide bonds. The van der Waals surface area contributed by atoms with Gasteiger partial charge < -0.3 is 15.3 Å². The van der Waals surface area contributed by atoms with Gasteiger partial charge in [-0.05, 0) is 78.6 Å². The van der Waals surface area contributed by atoms with Crippen LogP contribution in [0.25, 0.3) is 0 Å². The van der Waals surface area contributed by atoms with E-state index in [0.717, 1.165) is 19.3 Å². The van der Waals surface area contributed by atoms with E-state index in [1.165, 1.54) is 42.5 Å². The number of benzene rings is 3. The Kier molecular flexibility index (Phi) is 6.47. The molecule has 0 spiro atoms. The lowest BCUT2D eigenvalue weighted by atomic mass is 9.77. The Bertz CT molecular complexity index is 1930. The molecule has 2 N–H and O–H groups in total. The Labute approximate surface area is 248 Å². The molecule has 2 saturated carbocycles. The average molecular weight is 622 g/mol. The van der Waals surface area contributed by atoms with Crippen LogP contribution in [0.2, 0.25) is 0 Å².